The van der Waals surface area contributed by atoms with Crippen molar-refractivity contribution < 1.29 is 0 Å². The Balaban J connectivity index is 2.44. The summed E-state index contributed by atoms with van der Waals surface area (Å²) in [5.41, 5.74) is 7.91. The molecule has 0 radical (unpaired) electrons. The molecule has 3 nitrogen and oxygen atoms in total. The summed E-state index contributed by atoms with van der Waals surface area (Å²) in [6.45, 7) is 4.15. The molecule has 1 atom stereocenters. The largest absolute Gasteiger partial charge is 0.340 e. The Morgan fingerprint density at radius 1 is 1.40 bits per heavy atom. The van der Waals surface area contributed by atoms with Gasteiger partial charge in [-0.15, -0.1) is 0 Å². The Morgan fingerprint density at radius 2 is 2.13 bits per heavy atom. The van der Waals surface area contributed by atoms with Crippen LogP contribution in [0.15, 0.2) is 24.3 Å². The van der Waals surface area contributed by atoms with Gasteiger partial charge >= 0.3 is 0 Å². The summed E-state index contributed by atoms with van der Waals surface area (Å²) in [7, 11) is 0. The van der Waals surface area contributed by atoms with Gasteiger partial charge in [0.1, 0.15) is 5.82 Å². The van der Waals surface area contributed by atoms with Gasteiger partial charge in [-0.1, -0.05) is 25.5 Å². The van der Waals surface area contributed by atoms with Crippen LogP contribution in [-0.4, -0.2) is 9.97 Å². The van der Waals surface area contributed by atoms with Crippen LogP contribution in [0.2, 0.25) is 0 Å². The number of nitrogens with zero attached hydrogens (tertiary/aromatic N) is 1. The molecule has 1 aromatic carbocycles. The zero-order valence-electron chi connectivity index (χ0n) is 9.25. The molecule has 0 saturated heterocycles. The molecule has 2 rings (SSSR count). The third-order valence-corrected chi connectivity index (χ3v) is 2.70. The van der Waals surface area contributed by atoms with Gasteiger partial charge in [0.2, 0.25) is 0 Å². The third kappa shape index (κ3) is 1.88. The fourth-order valence-electron chi connectivity index (χ4n) is 1.86. The average molecular weight is 203 g/mol. The molecular formula is C12H17N3. The van der Waals surface area contributed by atoms with Crippen LogP contribution in [-0.2, 0) is 5.54 Å². The highest BCUT2D eigenvalue weighted by Gasteiger charge is 2.23. The maximum absolute atomic E-state index is 6.22. The van der Waals surface area contributed by atoms with Crippen molar-refractivity contribution in [2.24, 2.45) is 5.73 Å². The van der Waals surface area contributed by atoms with E-state index in [1.165, 1.54) is 0 Å². The summed E-state index contributed by atoms with van der Waals surface area (Å²) in [6.07, 6.45) is 2.00. The summed E-state index contributed by atoms with van der Waals surface area (Å²) in [4.78, 5) is 7.81. The lowest BCUT2D eigenvalue weighted by Crippen LogP contribution is -2.34. The number of H-pyrrole nitrogens is 1. The van der Waals surface area contributed by atoms with Crippen LogP contribution in [0.5, 0.6) is 0 Å². The molecule has 0 bridgehead atoms. The first-order chi connectivity index (χ1) is 7.13. The summed E-state index contributed by atoms with van der Waals surface area (Å²) in [5, 5.41) is 0. The number of nitrogens with one attached hydrogen (secondary N) is 1. The Labute approximate surface area is 89.7 Å². The number of imidazole rings is 1. The predicted octanol–water partition coefficient (Wildman–Crippen LogP) is 2.54. The molecule has 0 spiro atoms. The standard InChI is InChI=1S/C12H17N3/c1-3-8-12(2,13)11-14-9-6-4-5-7-10(9)15-11/h4-7H,3,8,13H2,1-2H3,(H,14,15). The molecule has 1 heterocycles. The van der Waals surface area contributed by atoms with Crippen molar-refractivity contribution in [1.82, 2.24) is 9.97 Å². The first-order valence-electron chi connectivity index (χ1n) is 5.37. The molecule has 0 fully saturated rings. The highest BCUT2D eigenvalue weighted by molar-refractivity contribution is 5.74. The van der Waals surface area contributed by atoms with E-state index in [0.29, 0.717) is 0 Å². The van der Waals surface area contributed by atoms with Crippen molar-refractivity contribution in [1.29, 1.82) is 0 Å². The quantitative estimate of drug-likeness (QED) is 0.805. The van der Waals surface area contributed by atoms with Gasteiger partial charge in [-0.2, -0.15) is 0 Å². The number of fused-ring (bicyclic) bond motifs is 1. The van der Waals surface area contributed by atoms with Gasteiger partial charge in [-0.3, -0.25) is 0 Å². The van der Waals surface area contributed by atoms with E-state index in [0.717, 1.165) is 29.7 Å². The maximum atomic E-state index is 6.22. The van der Waals surface area contributed by atoms with Crippen molar-refractivity contribution in [3.8, 4) is 0 Å². The number of nitrogens with two attached hydrogens (primary N) is 1. The Morgan fingerprint density at radius 3 is 2.80 bits per heavy atom. The van der Waals surface area contributed by atoms with E-state index in [2.05, 4.69) is 16.9 Å². The third-order valence-electron chi connectivity index (χ3n) is 2.70. The van der Waals surface area contributed by atoms with Gasteiger partial charge in [-0.05, 0) is 25.5 Å². The van der Waals surface area contributed by atoms with E-state index in [-0.39, 0.29) is 5.54 Å². The first-order valence-corrected chi connectivity index (χ1v) is 5.37. The maximum Gasteiger partial charge on any atom is 0.127 e. The molecule has 3 N–H and O–H groups in total. The number of para-hydroxylation sites is 2. The normalized spacial score (nSPS) is 15.4. The summed E-state index contributed by atoms with van der Waals surface area (Å²) < 4.78 is 0. The van der Waals surface area contributed by atoms with Crippen LogP contribution in [0.3, 0.4) is 0 Å². The van der Waals surface area contributed by atoms with E-state index in [1.807, 2.05) is 31.2 Å². The van der Waals surface area contributed by atoms with Crippen LogP contribution < -0.4 is 5.73 Å². The van der Waals surface area contributed by atoms with E-state index in [1.54, 1.807) is 0 Å². The molecule has 0 aliphatic rings. The molecule has 0 saturated carbocycles. The number of hydrogen-bond acceptors (Lipinski definition) is 2. The molecule has 15 heavy (non-hydrogen) atoms. The van der Waals surface area contributed by atoms with Gasteiger partial charge in [0.25, 0.3) is 0 Å². The summed E-state index contributed by atoms with van der Waals surface area (Å²) >= 11 is 0. The Hall–Kier alpha value is -1.35. The van der Waals surface area contributed by atoms with Crippen LogP contribution >= 0.6 is 0 Å². The summed E-state index contributed by atoms with van der Waals surface area (Å²) in [5.74, 6) is 0.880. The second kappa shape index (κ2) is 3.66. The van der Waals surface area contributed by atoms with Crippen molar-refractivity contribution >= 4 is 11.0 Å². The summed E-state index contributed by atoms with van der Waals surface area (Å²) in [6, 6.07) is 8.00. The highest BCUT2D eigenvalue weighted by Crippen LogP contribution is 2.22. The molecule has 3 heteroatoms. The molecule has 0 amide bonds. The topological polar surface area (TPSA) is 54.7 Å². The smallest absolute Gasteiger partial charge is 0.127 e. The van der Waals surface area contributed by atoms with E-state index >= 15 is 0 Å². The fourth-order valence-corrected chi connectivity index (χ4v) is 1.86. The van der Waals surface area contributed by atoms with Crippen molar-refractivity contribution in [2.75, 3.05) is 0 Å². The minimum absolute atomic E-state index is 0.353. The van der Waals surface area contributed by atoms with Crippen LogP contribution in [0.1, 0.15) is 32.5 Å². The van der Waals surface area contributed by atoms with Crippen LogP contribution in [0.4, 0.5) is 0 Å². The van der Waals surface area contributed by atoms with Gasteiger partial charge < -0.3 is 10.7 Å². The monoisotopic (exact) mass is 203 g/mol. The molecule has 2 aromatic rings. The van der Waals surface area contributed by atoms with Gasteiger partial charge in [0.15, 0.2) is 0 Å². The van der Waals surface area contributed by atoms with E-state index < -0.39 is 0 Å². The van der Waals surface area contributed by atoms with Gasteiger partial charge in [0.05, 0.1) is 16.6 Å². The Kier molecular flexibility index (Phi) is 2.49. The molecule has 1 aromatic heterocycles. The van der Waals surface area contributed by atoms with Gasteiger partial charge in [-0.25, -0.2) is 4.98 Å². The van der Waals surface area contributed by atoms with Crippen LogP contribution in [0.25, 0.3) is 11.0 Å². The van der Waals surface area contributed by atoms with E-state index in [4.69, 9.17) is 5.73 Å². The molecule has 1 unspecified atom stereocenters. The zero-order valence-corrected chi connectivity index (χ0v) is 9.25. The van der Waals surface area contributed by atoms with Crippen molar-refractivity contribution in [3.05, 3.63) is 30.1 Å². The number of hydrogen-bond donors (Lipinski definition) is 2. The van der Waals surface area contributed by atoms with E-state index in [9.17, 15) is 0 Å². The predicted molar refractivity (Wildman–Crippen MR) is 62.5 cm³/mol. The van der Waals surface area contributed by atoms with Crippen LogP contribution in [0, 0.1) is 0 Å². The fraction of sp³-hybridized carbons (Fsp3) is 0.417. The number of benzene rings is 1. The molecular weight excluding hydrogens is 186 g/mol. The zero-order chi connectivity index (χ0) is 10.9. The number of aromatic amines is 1. The Bertz CT molecular complexity index is 424. The first kappa shape index (κ1) is 10.2. The minimum atomic E-state index is -0.353. The lowest BCUT2D eigenvalue weighted by atomic mass is 9.97. The number of rotatable bonds is 3. The average Bonchev–Trinajstić information content (AvgIpc) is 2.61. The lowest BCUT2D eigenvalue weighted by molar-refractivity contribution is 0.424. The molecule has 0 aliphatic carbocycles. The molecule has 0 aliphatic heterocycles. The van der Waals surface area contributed by atoms with Gasteiger partial charge in [0, 0.05) is 0 Å². The molecule has 80 valence electrons. The highest BCUT2D eigenvalue weighted by atomic mass is 15.0. The second-order valence-corrected chi connectivity index (χ2v) is 4.27. The van der Waals surface area contributed by atoms with Crippen molar-refractivity contribution in [2.45, 2.75) is 32.2 Å². The lowest BCUT2D eigenvalue weighted by Gasteiger charge is -2.20. The number of aromatic nitrogens is 2. The SMILES string of the molecule is CCCC(C)(N)c1nc2ccccc2[nH]1. The second-order valence-electron chi connectivity index (χ2n) is 4.27. The minimum Gasteiger partial charge on any atom is -0.340 e. The van der Waals surface area contributed by atoms with Crippen molar-refractivity contribution in [3.63, 3.8) is 0 Å².